The normalized spacial score (nSPS) is 24.1. The fraction of sp³-hybridized carbons (Fsp3) is 0.452. The molecule has 5 rings (SSSR count). The molecule has 3 heterocycles. The van der Waals surface area contributed by atoms with Gasteiger partial charge in [0, 0.05) is 63.3 Å². The van der Waals surface area contributed by atoms with E-state index in [1.165, 1.54) is 0 Å². The van der Waals surface area contributed by atoms with E-state index in [4.69, 9.17) is 9.47 Å². The summed E-state index contributed by atoms with van der Waals surface area (Å²) >= 11 is 0. The number of morpholine rings is 1. The lowest BCUT2D eigenvalue weighted by Gasteiger charge is -2.36. The van der Waals surface area contributed by atoms with Crippen LogP contribution in [0.1, 0.15) is 12.1 Å². The number of nitrogens with one attached hydrogen (secondary N) is 2. The summed E-state index contributed by atoms with van der Waals surface area (Å²) in [7, 11) is 0.00880. The van der Waals surface area contributed by atoms with Gasteiger partial charge in [0.1, 0.15) is 28.1 Å². The largest absolute Gasteiger partial charge is 0.394 e. The van der Waals surface area contributed by atoms with Gasteiger partial charge in [0.2, 0.25) is 0 Å². The van der Waals surface area contributed by atoms with Crippen molar-refractivity contribution >= 4 is 33.5 Å². The zero-order valence-corrected chi connectivity index (χ0v) is 25.0. The van der Waals surface area contributed by atoms with Crippen LogP contribution in [0.3, 0.4) is 0 Å². The molecule has 0 aliphatic carbocycles. The van der Waals surface area contributed by atoms with E-state index in [0.29, 0.717) is 5.69 Å². The molecule has 3 aromatic rings. The molecule has 0 bridgehead atoms. The molecule has 230 valence electrons. The SMILES string of the molecule is Cn1c(/C=C(\C#N)S(=O)NC[C@H]2OC(CO)C[C@@H](O)[C@@H]2O)ccc1-c1ccc2cc(NCCN3CCOCC3)ccc2c1. The molecule has 0 saturated carbocycles. The second kappa shape index (κ2) is 14.6. The maximum absolute atomic E-state index is 12.9. The molecule has 2 unspecified atom stereocenters. The molecule has 2 aliphatic rings. The second-order valence-corrected chi connectivity index (χ2v) is 12.1. The van der Waals surface area contributed by atoms with Crippen molar-refractivity contribution < 1.29 is 29.0 Å². The first-order chi connectivity index (χ1) is 20.9. The molecule has 0 amide bonds. The Labute approximate surface area is 253 Å². The predicted octanol–water partition coefficient (Wildman–Crippen LogP) is 1.58. The van der Waals surface area contributed by atoms with Gasteiger partial charge in [0.25, 0.3) is 0 Å². The van der Waals surface area contributed by atoms with Crippen LogP contribution in [0.2, 0.25) is 0 Å². The number of aliphatic hydroxyl groups excluding tert-OH is 3. The Morgan fingerprint density at radius 1 is 1.14 bits per heavy atom. The first-order valence-electron chi connectivity index (χ1n) is 14.5. The highest BCUT2D eigenvalue weighted by Crippen LogP contribution is 2.28. The number of hydrogen-bond acceptors (Lipinski definition) is 9. The number of nitriles is 1. The Bertz CT molecular complexity index is 1500. The van der Waals surface area contributed by atoms with Gasteiger partial charge in [0.05, 0.1) is 38.1 Å². The highest BCUT2D eigenvalue weighted by atomic mass is 32.2. The highest BCUT2D eigenvalue weighted by Gasteiger charge is 2.36. The molecule has 2 aromatic carbocycles. The number of anilines is 1. The van der Waals surface area contributed by atoms with Gasteiger partial charge in [-0.25, -0.2) is 8.93 Å². The van der Waals surface area contributed by atoms with Crippen LogP contribution in [0.15, 0.2) is 53.4 Å². The van der Waals surface area contributed by atoms with Crippen molar-refractivity contribution in [3.8, 4) is 17.3 Å². The van der Waals surface area contributed by atoms with Crippen molar-refractivity contribution in [3.63, 3.8) is 0 Å². The number of nitrogens with zero attached hydrogens (tertiary/aromatic N) is 3. The standard InChI is InChI=1S/C31H39N5O6S/c1-35-25(16-27(18-32)43(40)34-19-30-31(39)29(38)17-26(20-37)42-30)6-7-28(35)23-3-2-22-15-24(5-4-21(22)14-23)33-8-9-36-10-12-41-13-11-36/h2-7,14-16,26,29-31,33-34,37-39H,8-13,17,19-20H2,1H3/b27-16+/t26?,29-,30-,31+,43?/m1/s1. The van der Waals surface area contributed by atoms with Crippen LogP contribution < -0.4 is 10.0 Å². The molecule has 12 heteroatoms. The van der Waals surface area contributed by atoms with E-state index in [-0.39, 0.29) is 24.5 Å². The third-order valence-electron chi connectivity index (χ3n) is 8.01. The summed E-state index contributed by atoms with van der Waals surface area (Å²) in [6, 6.07) is 18.5. The first kappa shape index (κ1) is 31.3. The number of hydrogen-bond donors (Lipinski definition) is 5. The van der Waals surface area contributed by atoms with E-state index in [1.807, 2.05) is 29.8 Å². The molecule has 0 radical (unpaired) electrons. The molecule has 2 saturated heterocycles. The average molecular weight is 610 g/mol. The summed E-state index contributed by atoms with van der Waals surface area (Å²) in [5.41, 5.74) is 3.74. The van der Waals surface area contributed by atoms with E-state index >= 15 is 0 Å². The summed E-state index contributed by atoms with van der Waals surface area (Å²) in [6.07, 6.45) is -2.07. The van der Waals surface area contributed by atoms with Gasteiger partial charge >= 0.3 is 0 Å². The highest BCUT2D eigenvalue weighted by molar-refractivity contribution is 7.87. The third-order valence-corrected chi connectivity index (χ3v) is 9.05. The van der Waals surface area contributed by atoms with Crippen LogP contribution in [0.5, 0.6) is 0 Å². The lowest BCUT2D eigenvalue weighted by Crippen LogP contribution is -2.53. The number of ether oxygens (including phenoxy) is 2. The minimum absolute atomic E-state index is 0.00414. The maximum atomic E-state index is 12.9. The topological polar surface area (TPSA) is 152 Å². The molecule has 5 N–H and O–H groups in total. The summed E-state index contributed by atoms with van der Waals surface area (Å²) < 4.78 is 28.6. The molecule has 5 atom stereocenters. The summed E-state index contributed by atoms with van der Waals surface area (Å²) in [5.74, 6) is 0. The van der Waals surface area contributed by atoms with Crippen LogP contribution in [-0.2, 0) is 27.5 Å². The molecular weight excluding hydrogens is 570 g/mol. The van der Waals surface area contributed by atoms with Crippen molar-refractivity contribution in [2.45, 2.75) is 30.8 Å². The number of fused-ring (bicyclic) bond motifs is 1. The Kier molecular flexibility index (Phi) is 10.6. The van der Waals surface area contributed by atoms with Crippen molar-refractivity contribution in [3.05, 3.63) is 59.1 Å². The molecule has 1 aromatic heterocycles. The Morgan fingerprint density at radius 3 is 2.67 bits per heavy atom. The Hall–Kier alpha value is -3.12. The van der Waals surface area contributed by atoms with Crippen LogP contribution in [0, 0.1) is 11.3 Å². The van der Waals surface area contributed by atoms with Crippen molar-refractivity contribution in [1.82, 2.24) is 14.2 Å². The fourth-order valence-corrected chi connectivity index (χ4v) is 6.27. The Balaban J connectivity index is 1.23. The molecular formula is C31H39N5O6S. The van der Waals surface area contributed by atoms with Crippen molar-refractivity contribution in [1.29, 1.82) is 5.26 Å². The zero-order chi connectivity index (χ0) is 30.3. The van der Waals surface area contributed by atoms with Gasteiger partial charge in [-0.1, -0.05) is 18.2 Å². The average Bonchev–Trinajstić information content (AvgIpc) is 3.39. The van der Waals surface area contributed by atoms with E-state index in [9.17, 15) is 24.8 Å². The van der Waals surface area contributed by atoms with Gasteiger partial charge in [-0.05, 0) is 52.7 Å². The van der Waals surface area contributed by atoms with Gasteiger partial charge in [-0.3, -0.25) is 4.90 Å². The number of aromatic nitrogens is 1. The first-order valence-corrected chi connectivity index (χ1v) is 15.6. The van der Waals surface area contributed by atoms with Gasteiger partial charge in [0.15, 0.2) is 0 Å². The number of rotatable bonds is 11. The molecule has 2 fully saturated rings. The van der Waals surface area contributed by atoms with E-state index in [2.05, 4.69) is 51.3 Å². The van der Waals surface area contributed by atoms with E-state index in [1.54, 1.807) is 6.08 Å². The van der Waals surface area contributed by atoms with Gasteiger partial charge < -0.3 is 34.7 Å². The van der Waals surface area contributed by atoms with Crippen molar-refractivity contribution in [2.24, 2.45) is 7.05 Å². The Morgan fingerprint density at radius 2 is 1.91 bits per heavy atom. The van der Waals surface area contributed by atoms with Crippen LogP contribution in [-0.4, -0.2) is 106 Å². The molecule has 0 spiro atoms. The number of benzene rings is 2. The lowest BCUT2D eigenvalue weighted by atomic mass is 9.98. The monoisotopic (exact) mass is 609 g/mol. The summed E-state index contributed by atoms with van der Waals surface area (Å²) in [5, 5.41) is 45.1. The molecule has 11 nitrogen and oxygen atoms in total. The van der Waals surface area contributed by atoms with E-state index < -0.39 is 35.4 Å². The molecule has 2 aliphatic heterocycles. The minimum atomic E-state index is -1.88. The smallest absolute Gasteiger partial charge is 0.135 e. The van der Waals surface area contributed by atoms with E-state index in [0.717, 1.165) is 67.1 Å². The van der Waals surface area contributed by atoms with Crippen LogP contribution >= 0.6 is 0 Å². The zero-order valence-electron chi connectivity index (χ0n) is 24.2. The lowest BCUT2D eigenvalue weighted by molar-refractivity contribution is -0.173. The number of allylic oxidation sites excluding steroid dienone is 1. The number of aliphatic hydroxyl groups is 3. The summed E-state index contributed by atoms with van der Waals surface area (Å²) in [4.78, 5) is 2.41. The fourth-order valence-electron chi connectivity index (χ4n) is 5.48. The van der Waals surface area contributed by atoms with Gasteiger partial charge in [-0.15, -0.1) is 0 Å². The van der Waals surface area contributed by atoms with Crippen molar-refractivity contribution in [2.75, 3.05) is 57.9 Å². The van der Waals surface area contributed by atoms with Crippen LogP contribution in [0.25, 0.3) is 28.1 Å². The summed E-state index contributed by atoms with van der Waals surface area (Å²) in [6.45, 7) is 5.04. The predicted molar refractivity (Wildman–Crippen MR) is 166 cm³/mol. The maximum Gasteiger partial charge on any atom is 0.135 e. The second-order valence-electron chi connectivity index (χ2n) is 10.9. The van der Waals surface area contributed by atoms with Crippen LogP contribution in [0.4, 0.5) is 5.69 Å². The minimum Gasteiger partial charge on any atom is -0.394 e. The quantitative estimate of drug-likeness (QED) is 0.204. The van der Waals surface area contributed by atoms with Gasteiger partial charge in [-0.2, -0.15) is 5.26 Å². The third kappa shape index (κ3) is 7.70. The molecule has 43 heavy (non-hydrogen) atoms.